The molecule has 3 heteroatoms. The van der Waals surface area contributed by atoms with E-state index in [1.807, 2.05) is 6.92 Å². The first-order chi connectivity index (χ1) is 9.78. The molecule has 21 heavy (non-hydrogen) atoms. The third-order valence-corrected chi connectivity index (χ3v) is 6.10. The van der Waals surface area contributed by atoms with Gasteiger partial charge < -0.3 is 10.4 Å². The molecule has 0 spiro atoms. The summed E-state index contributed by atoms with van der Waals surface area (Å²) in [4.78, 5) is 12.9. The average Bonchev–Trinajstić information content (AvgIpc) is 2.32. The number of nitrogens with one attached hydrogen (secondary N) is 1. The van der Waals surface area contributed by atoms with Crippen LogP contribution in [0.15, 0.2) is 0 Å². The fourth-order valence-electron chi connectivity index (χ4n) is 5.77. The maximum atomic E-state index is 12.9. The normalized spacial score (nSPS) is 39.3. The topological polar surface area (TPSA) is 49.3 Å². The van der Waals surface area contributed by atoms with Crippen LogP contribution in [0.4, 0.5) is 0 Å². The lowest BCUT2D eigenvalue weighted by molar-refractivity contribution is -0.146. The molecule has 0 aromatic carbocycles. The van der Waals surface area contributed by atoms with Gasteiger partial charge in [0, 0.05) is 12.0 Å². The summed E-state index contributed by atoms with van der Waals surface area (Å²) < 4.78 is 0. The molecule has 4 fully saturated rings. The molecule has 3 nitrogen and oxygen atoms in total. The Hall–Kier alpha value is -0.570. The first-order valence-corrected chi connectivity index (χ1v) is 8.74. The molecule has 0 saturated heterocycles. The van der Waals surface area contributed by atoms with Crippen LogP contribution in [0, 0.1) is 28.6 Å². The first-order valence-electron chi connectivity index (χ1n) is 8.74. The highest BCUT2D eigenvalue weighted by Crippen LogP contribution is 2.60. The summed E-state index contributed by atoms with van der Waals surface area (Å²) in [5.74, 6) is 2.74. The minimum Gasteiger partial charge on any atom is -0.393 e. The zero-order valence-electron chi connectivity index (χ0n) is 13.8. The van der Waals surface area contributed by atoms with Crippen LogP contribution < -0.4 is 5.32 Å². The van der Waals surface area contributed by atoms with E-state index in [4.69, 9.17) is 0 Å². The molecule has 0 heterocycles. The van der Waals surface area contributed by atoms with Crippen LogP contribution in [0.2, 0.25) is 0 Å². The Kier molecular flexibility index (Phi) is 3.84. The molecule has 1 unspecified atom stereocenters. The smallest absolute Gasteiger partial charge is 0.226 e. The summed E-state index contributed by atoms with van der Waals surface area (Å²) in [5, 5.41) is 12.8. The zero-order chi connectivity index (χ0) is 15.3. The van der Waals surface area contributed by atoms with E-state index in [1.165, 1.54) is 19.3 Å². The molecule has 120 valence electrons. The number of amides is 1. The molecule has 0 aromatic heterocycles. The SMILES string of the molecule is CC(O)CC(C)(C)CNC(=O)C12CC3CC(CC(C3)C1)C2. The van der Waals surface area contributed by atoms with Crippen molar-refractivity contribution in [2.75, 3.05) is 6.54 Å². The second-order valence-electron chi connectivity index (χ2n) is 9.10. The number of rotatable bonds is 5. The maximum absolute atomic E-state index is 12.9. The number of carbonyl (C=O) groups excluding carboxylic acids is 1. The van der Waals surface area contributed by atoms with Crippen LogP contribution in [0.1, 0.15) is 65.7 Å². The van der Waals surface area contributed by atoms with E-state index in [1.54, 1.807) is 0 Å². The van der Waals surface area contributed by atoms with Crippen molar-refractivity contribution in [2.24, 2.45) is 28.6 Å². The molecule has 1 amide bonds. The largest absolute Gasteiger partial charge is 0.393 e. The van der Waals surface area contributed by atoms with Crippen LogP contribution >= 0.6 is 0 Å². The predicted molar refractivity (Wildman–Crippen MR) is 83.7 cm³/mol. The van der Waals surface area contributed by atoms with Crippen molar-refractivity contribution >= 4 is 5.91 Å². The Balaban J connectivity index is 1.61. The van der Waals surface area contributed by atoms with E-state index in [2.05, 4.69) is 19.2 Å². The molecule has 4 aliphatic carbocycles. The molecule has 4 bridgehead atoms. The lowest BCUT2D eigenvalue weighted by Gasteiger charge is -2.55. The highest BCUT2D eigenvalue weighted by atomic mass is 16.3. The molecule has 0 radical (unpaired) electrons. The summed E-state index contributed by atoms with van der Waals surface area (Å²) in [6, 6.07) is 0. The summed E-state index contributed by atoms with van der Waals surface area (Å²) >= 11 is 0. The van der Waals surface area contributed by atoms with E-state index >= 15 is 0 Å². The van der Waals surface area contributed by atoms with Gasteiger partial charge in [-0.15, -0.1) is 0 Å². The van der Waals surface area contributed by atoms with Crippen LogP contribution in [-0.4, -0.2) is 23.7 Å². The van der Waals surface area contributed by atoms with Crippen molar-refractivity contribution in [1.82, 2.24) is 5.32 Å². The second-order valence-corrected chi connectivity index (χ2v) is 9.10. The zero-order valence-corrected chi connectivity index (χ0v) is 13.8. The molecule has 4 rings (SSSR count). The summed E-state index contributed by atoms with van der Waals surface area (Å²) in [6.45, 7) is 6.75. The number of hydrogen-bond donors (Lipinski definition) is 2. The first kappa shape index (κ1) is 15.3. The van der Waals surface area contributed by atoms with E-state index in [0.717, 1.165) is 43.4 Å². The molecule has 1 atom stereocenters. The molecular weight excluding hydrogens is 262 g/mol. The van der Waals surface area contributed by atoms with Gasteiger partial charge in [-0.2, -0.15) is 0 Å². The van der Waals surface area contributed by atoms with E-state index in [-0.39, 0.29) is 16.9 Å². The van der Waals surface area contributed by atoms with Crippen molar-refractivity contribution < 1.29 is 9.90 Å². The fraction of sp³-hybridized carbons (Fsp3) is 0.944. The Morgan fingerprint density at radius 2 is 1.67 bits per heavy atom. The quantitative estimate of drug-likeness (QED) is 0.818. The van der Waals surface area contributed by atoms with Crippen LogP contribution in [0.5, 0.6) is 0 Å². The van der Waals surface area contributed by atoms with Gasteiger partial charge in [0.15, 0.2) is 0 Å². The van der Waals surface area contributed by atoms with Gasteiger partial charge in [0.25, 0.3) is 0 Å². The lowest BCUT2D eigenvalue weighted by atomic mass is 9.49. The lowest BCUT2D eigenvalue weighted by Crippen LogP contribution is -2.54. The van der Waals surface area contributed by atoms with Crippen LogP contribution in [-0.2, 0) is 4.79 Å². The third-order valence-electron chi connectivity index (χ3n) is 6.10. The van der Waals surface area contributed by atoms with E-state index in [9.17, 15) is 9.90 Å². The van der Waals surface area contributed by atoms with Gasteiger partial charge in [0.1, 0.15) is 0 Å². The summed E-state index contributed by atoms with van der Waals surface area (Å²) in [6.07, 6.45) is 7.93. The van der Waals surface area contributed by atoms with Gasteiger partial charge in [-0.3, -0.25) is 4.79 Å². The van der Waals surface area contributed by atoms with Crippen molar-refractivity contribution in [2.45, 2.75) is 71.8 Å². The number of aliphatic hydroxyl groups excluding tert-OH is 1. The van der Waals surface area contributed by atoms with E-state index in [0.29, 0.717) is 12.5 Å². The Bertz CT molecular complexity index is 378. The minimum atomic E-state index is -0.309. The molecule has 0 aromatic rings. The Labute approximate surface area is 128 Å². The van der Waals surface area contributed by atoms with Crippen molar-refractivity contribution in [1.29, 1.82) is 0 Å². The van der Waals surface area contributed by atoms with Crippen molar-refractivity contribution in [3.63, 3.8) is 0 Å². The van der Waals surface area contributed by atoms with Gasteiger partial charge in [-0.05, 0) is 75.0 Å². The highest BCUT2D eigenvalue weighted by molar-refractivity contribution is 5.83. The van der Waals surface area contributed by atoms with Crippen molar-refractivity contribution in [3.05, 3.63) is 0 Å². The van der Waals surface area contributed by atoms with Crippen LogP contribution in [0.3, 0.4) is 0 Å². The molecule has 0 aliphatic heterocycles. The minimum absolute atomic E-state index is 0.0356. The average molecular weight is 293 g/mol. The Morgan fingerprint density at radius 3 is 2.10 bits per heavy atom. The van der Waals surface area contributed by atoms with E-state index < -0.39 is 0 Å². The summed E-state index contributed by atoms with van der Waals surface area (Å²) in [7, 11) is 0. The predicted octanol–water partition coefficient (Wildman–Crippen LogP) is 3.12. The number of aliphatic hydroxyl groups is 1. The van der Waals surface area contributed by atoms with Gasteiger partial charge in [-0.1, -0.05) is 13.8 Å². The standard InChI is InChI=1S/C18H31NO2/c1-12(20)7-17(2,3)11-19-16(21)18-8-13-4-14(9-18)6-15(5-13)10-18/h12-15,20H,4-11H2,1-3H3,(H,19,21). The van der Waals surface area contributed by atoms with Gasteiger partial charge in [0.2, 0.25) is 5.91 Å². The monoisotopic (exact) mass is 293 g/mol. The second kappa shape index (κ2) is 5.26. The molecule has 4 saturated carbocycles. The molecule has 2 N–H and O–H groups in total. The van der Waals surface area contributed by atoms with Crippen molar-refractivity contribution in [3.8, 4) is 0 Å². The molecule has 4 aliphatic rings. The fourth-order valence-corrected chi connectivity index (χ4v) is 5.77. The number of hydrogen-bond acceptors (Lipinski definition) is 2. The highest BCUT2D eigenvalue weighted by Gasteiger charge is 2.54. The summed E-state index contributed by atoms with van der Waals surface area (Å²) in [5.41, 5.74) is -0.0816. The number of carbonyl (C=O) groups is 1. The molecular formula is C18H31NO2. The van der Waals surface area contributed by atoms with Crippen LogP contribution in [0.25, 0.3) is 0 Å². The van der Waals surface area contributed by atoms with Gasteiger partial charge >= 0.3 is 0 Å². The van der Waals surface area contributed by atoms with Gasteiger partial charge in [-0.25, -0.2) is 0 Å². The Morgan fingerprint density at radius 1 is 1.19 bits per heavy atom. The third kappa shape index (κ3) is 3.13. The maximum Gasteiger partial charge on any atom is 0.226 e. The van der Waals surface area contributed by atoms with Gasteiger partial charge in [0.05, 0.1) is 6.10 Å².